The normalized spacial score (nSPS) is 48.1. The molecule has 4 fully saturated rings. The van der Waals surface area contributed by atoms with Crippen molar-refractivity contribution in [1.29, 1.82) is 0 Å². The van der Waals surface area contributed by atoms with Gasteiger partial charge in [-0.15, -0.1) is 0 Å². The highest BCUT2D eigenvalue weighted by atomic mass is 14.4. The molecule has 4 aliphatic heterocycles. The summed E-state index contributed by atoms with van der Waals surface area (Å²) in [6.07, 6.45) is 15.0. The van der Waals surface area contributed by atoms with Gasteiger partial charge in [-0.25, -0.2) is 0 Å². The van der Waals surface area contributed by atoms with E-state index in [-0.39, 0.29) is 0 Å². The first-order chi connectivity index (χ1) is 9.58. The second kappa shape index (κ2) is 4.82. The maximum atomic E-state index is 2.77. The molecule has 4 saturated heterocycles. The zero-order valence-corrected chi connectivity index (χ0v) is 13.5. The van der Waals surface area contributed by atoms with Crippen LogP contribution in [0.15, 0.2) is 0 Å². The third kappa shape index (κ3) is 2.30. The van der Waals surface area contributed by atoms with Crippen molar-refractivity contribution in [2.45, 2.75) is 100 Å². The lowest BCUT2D eigenvalue weighted by atomic mass is 9.50. The van der Waals surface area contributed by atoms with Crippen molar-refractivity contribution in [3.05, 3.63) is 0 Å². The predicted octanol–water partition coefficient (Wildman–Crippen LogP) is 5.52. The standard InChI is InChI=1S/C18H30B2/c1-13(11-17-7-3-15(19-17)4-8-17)14(2)12-18-9-5-16(20-18)6-10-18/h13-16H,3-12H2,1-2H3. The van der Waals surface area contributed by atoms with Gasteiger partial charge in [-0.05, 0) is 11.8 Å². The van der Waals surface area contributed by atoms with Crippen LogP contribution in [0.4, 0.5) is 0 Å². The van der Waals surface area contributed by atoms with Gasteiger partial charge in [-0.1, -0.05) is 100 Å². The Morgan fingerprint density at radius 1 is 0.750 bits per heavy atom. The molecular formula is C18H30B2. The molecule has 0 spiro atoms. The summed E-state index contributed by atoms with van der Waals surface area (Å²) in [5, 5.41) is 1.35. The highest BCUT2D eigenvalue weighted by Gasteiger charge is 2.48. The lowest BCUT2D eigenvalue weighted by molar-refractivity contribution is 0.245. The van der Waals surface area contributed by atoms with E-state index >= 15 is 0 Å². The number of hydrogen-bond donors (Lipinski definition) is 0. The Labute approximate surface area is 127 Å². The molecule has 4 heterocycles. The monoisotopic (exact) mass is 268 g/mol. The summed E-state index contributed by atoms with van der Waals surface area (Å²) in [6, 6.07) is 0. The minimum absolute atomic E-state index is 0.674. The van der Waals surface area contributed by atoms with Crippen LogP contribution in [0.25, 0.3) is 0 Å². The van der Waals surface area contributed by atoms with Gasteiger partial charge >= 0.3 is 0 Å². The first kappa shape index (κ1) is 13.8. The molecule has 4 aliphatic rings. The molecule has 0 aromatic rings. The molecule has 0 amide bonds. The largest absolute Gasteiger partial charge is 0.122 e. The van der Waals surface area contributed by atoms with E-state index in [2.05, 4.69) is 28.4 Å². The summed E-state index contributed by atoms with van der Waals surface area (Å²) in [5.41, 5.74) is 0. The molecule has 2 unspecified atom stereocenters. The molecular weight excluding hydrogens is 238 g/mol. The Hall–Kier alpha value is 0.130. The Morgan fingerprint density at radius 3 is 1.35 bits per heavy atom. The summed E-state index contributed by atoms with van der Waals surface area (Å²) < 4.78 is 0. The zero-order valence-electron chi connectivity index (χ0n) is 13.5. The zero-order chi connectivity index (χ0) is 13.8. The fourth-order valence-corrected chi connectivity index (χ4v) is 6.33. The van der Waals surface area contributed by atoms with Crippen molar-refractivity contribution in [1.82, 2.24) is 0 Å². The maximum absolute atomic E-state index is 2.77. The molecule has 0 saturated carbocycles. The van der Waals surface area contributed by atoms with Crippen molar-refractivity contribution in [3.8, 4) is 0 Å². The van der Waals surface area contributed by atoms with E-state index in [9.17, 15) is 0 Å². The third-order valence-electron chi connectivity index (χ3n) is 7.66. The van der Waals surface area contributed by atoms with Gasteiger partial charge in [0.2, 0.25) is 0 Å². The van der Waals surface area contributed by atoms with Crippen molar-refractivity contribution < 1.29 is 0 Å². The van der Waals surface area contributed by atoms with Gasteiger partial charge in [-0.2, -0.15) is 0 Å². The third-order valence-corrected chi connectivity index (χ3v) is 7.66. The summed E-state index contributed by atoms with van der Waals surface area (Å²) in [6.45, 7) is 5.11. The van der Waals surface area contributed by atoms with Gasteiger partial charge in [-0.3, -0.25) is 0 Å². The van der Waals surface area contributed by atoms with Crippen LogP contribution >= 0.6 is 0 Å². The molecule has 4 bridgehead atoms. The Kier molecular flexibility index (Phi) is 3.32. The fourth-order valence-electron chi connectivity index (χ4n) is 6.33. The smallest absolute Gasteiger partial charge is 0.0682 e. The Bertz CT molecular complexity index is 326. The molecule has 4 rings (SSSR count). The van der Waals surface area contributed by atoms with E-state index in [0.29, 0.717) is 10.6 Å². The van der Waals surface area contributed by atoms with Crippen LogP contribution in [0.5, 0.6) is 0 Å². The molecule has 0 aliphatic carbocycles. The van der Waals surface area contributed by atoms with Crippen molar-refractivity contribution in [3.63, 3.8) is 0 Å². The second-order valence-corrected chi connectivity index (χ2v) is 9.10. The van der Waals surface area contributed by atoms with Crippen LogP contribution in [-0.4, -0.2) is 14.6 Å². The van der Waals surface area contributed by atoms with Crippen LogP contribution in [0.3, 0.4) is 0 Å². The Balaban J connectivity index is 1.35. The number of fused-ring (bicyclic) bond motifs is 4. The van der Waals surface area contributed by atoms with Gasteiger partial charge in [0.1, 0.15) is 14.6 Å². The summed E-state index contributed by atoms with van der Waals surface area (Å²) in [7, 11) is 5.53. The van der Waals surface area contributed by atoms with Crippen LogP contribution in [0.2, 0.25) is 22.3 Å². The quantitative estimate of drug-likeness (QED) is 0.576. The van der Waals surface area contributed by atoms with E-state index in [1.54, 1.807) is 0 Å². The van der Waals surface area contributed by atoms with Gasteiger partial charge in [0.25, 0.3) is 0 Å². The number of rotatable bonds is 5. The highest BCUT2D eigenvalue weighted by molar-refractivity contribution is 6.44. The molecule has 2 heteroatoms. The average molecular weight is 268 g/mol. The van der Waals surface area contributed by atoms with Gasteiger partial charge < -0.3 is 0 Å². The summed E-state index contributed by atoms with van der Waals surface area (Å²) in [5.74, 6) is 3.83. The lowest BCUT2D eigenvalue weighted by Gasteiger charge is -2.37. The van der Waals surface area contributed by atoms with Crippen molar-refractivity contribution in [2.24, 2.45) is 11.8 Å². The van der Waals surface area contributed by atoms with E-state index in [0.717, 1.165) is 23.5 Å². The molecule has 0 aromatic heterocycles. The van der Waals surface area contributed by atoms with Crippen LogP contribution in [0.1, 0.15) is 78.1 Å². The van der Waals surface area contributed by atoms with Gasteiger partial charge in [0.15, 0.2) is 0 Å². The molecule has 0 aromatic carbocycles. The van der Waals surface area contributed by atoms with Gasteiger partial charge in [0.05, 0.1) is 0 Å². The highest BCUT2D eigenvalue weighted by Crippen LogP contribution is 2.63. The lowest BCUT2D eigenvalue weighted by Crippen LogP contribution is -2.23. The minimum Gasteiger partial charge on any atom is -0.0682 e. The first-order valence-electron chi connectivity index (χ1n) is 9.30. The molecule has 20 heavy (non-hydrogen) atoms. The molecule has 108 valence electrons. The first-order valence-corrected chi connectivity index (χ1v) is 9.30. The van der Waals surface area contributed by atoms with Crippen LogP contribution < -0.4 is 0 Å². The van der Waals surface area contributed by atoms with Gasteiger partial charge in [0, 0.05) is 0 Å². The molecule has 2 radical (unpaired) electrons. The molecule has 0 nitrogen and oxygen atoms in total. The molecule has 0 N–H and O–H groups in total. The maximum Gasteiger partial charge on any atom is 0.122 e. The topological polar surface area (TPSA) is 0 Å². The van der Waals surface area contributed by atoms with Crippen LogP contribution in [-0.2, 0) is 0 Å². The Morgan fingerprint density at radius 2 is 1.10 bits per heavy atom. The predicted molar refractivity (Wildman–Crippen MR) is 88.9 cm³/mol. The van der Waals surface area contributed by atoms with E-state index < -0.39 is 0 Å². The summed E-state index contributed by atoms with van der Waals surface area (Å²) in [4.78, 5) is 0. The van der Waals surface area contributed by atoms with E-state index in [1.165, 1.54) is 64.2 Å². The fraction of sp³-hybridized carbons (Fsp3) is 1.00. The number of hydrogen-bond acceptors (Lipinski definition) is 0. The van der Waals surface area contributed by atoms with Crippen molar-refractivity contribution >= 4 is 14.6 Å². The molecule has 2 atom stereocenters. The SMILES string of the molecule is CC(CC12[B]C(CC1)CC2)C(C)CC12[B]C(CC1)CC2. The van der Waals surface area contributed by atoms with E-state index in [1.807, 2.05) is 0 Å². The van der Waals surface area contributed by atoms with E-state index in [4.69, 9.17) is 0 Å². The van der Waals surface area contributed by atoms with Crippen molar-refractivity contribution in [2.75, 3.05) is 0 Å². The summed E-state index contributed by atoms with van der Waals surface area (Å²) >= 11 is 0. The minimum atomic E-state index is 0.674. The second-order valence-electron chi connectivity index (χ2n) is 9.10. The average Bonchev–Trinajstić information content (AvgIpc) is 3.17. The van der Waals surface area contributed by atoms with Crippen LogP contribution in [0, 0.1) is 11.8 Å².